The van der Waals surface area contributed by atoms with Crippen LogP contribution in [-0.2, 0) is 16.6 Å². The second kappa shape index (κ2) is 9.04. The van der Waals surface area contributed by atoms with Crippen molar-refractivity contribution < 1.29 is 17.2 Å². The summed E-state index contributed by atoms with van der Waals surface area (Å²) in [4.78, 5) is 8.34. The molecule has 0 unspecified atom stereocenters. The molecule has 0 aliphatic carbocycles. The Morgan fingerprint density at radius 3 is 2.64 bits per heavy atom. The van der Waals surface area contributed by atoms with Gasteiger partial charge in [-0.15, -0.1) is 0 Å². The number of alkyl halides is 2. The van der Waals surface area contributed by atoms with Crippen LogP contribution in [0.5, 0.6) is 0 Å². The van der Waals surface area contributed by atoms with Crippen LogP contribution < -0.4 is 10.6 Å². The molecule has 0 radical (unpaired) electrons. The van der Waals surface area contributed by atoms with Crippen molar-refractivity contribution >= 4 is 16.0 Å². The number of pyridine rings is 1. The average Bonchev–Trinajstić information content (AvgIpc) is 2.63. The Morgan fingerprint density at radius 2 is 2.08 bits per heavy atom. The molecular weight excluding hydrogens is 352 g/mol. The van der Waals surface area contributed by atoms with Crippen molar-refractivity contribution in [1.82, 2.24) is 19.9 Å². The van der Waals surface area contributed by atoms with Crippen LogP contribution in [0.15, 0.2) is 29.4 Å². The molecule has 0 atom stereocenters. The summed E-state index contributed by atoms with van der Waals surface area (Å²) < 4.78 is 48.9. The van der Waals surface area contributed by atoms with Gasteiger partial charge in [0.25, 0.3) is 10.0 Å². The smallest absolute Gasteiger partial charge is 0.350 e. The number of sulfonamides is 1. The third kappa shape index (κ3) is 5.60. The molecule has 0 spiro atoms. The Hall–Kier alpha value is -1.81. The largest absolute Gasteiger partial charge is 0.356 e. The highest BCUT2D eigenvalue weighted by Crippen LogP contribution is 2.22. The van der Waals surface area contributed by atoms with Gasteiger partial charge in [-0.3, -0.25) is 9.98 Å². The van der Waals surface area contributed by atoms with E-state index in [4.69, 9.17) is 0 Å². The summed E-state index contributed by atoms with van der Waals surface area (Å²) in [6.45, 7) is 1.38. The SMILES string of the molecule is CN=C(NCc1ccccn1)NCC1CCN(S(=O)(=O)C(F)F)CC1. The molecule has 10 heteroatoms. The number of aliphatic imine (C=N–C) groups is 1. The van der Waals surface area contributed by atoms with Gasteiger partial charge in [-0.05, 0) is 30.9 Å². The first-order valence-corrected chi connectivity index (χ1v) is 9.55. The average molecular weight is 375 g/mol. The van der Waals surface area contributed by atoms with E-state index in [2.05, 4.69) is 20.6 Å². The number of hydrogen-bond acceptors (Lipinski definition) is 4. The number of nitrogens with zero attached hydrogens (tertiary/aromatic N) is 3. The lowest BCUT2D eigenvalue weighted by molar-refractivity contribution is 0.204. The Labute approximate surface area is 146 Å². The first-order valence-electron chi connectivity index (χ1n) is 8.05. The minimum absolute atomic E-state index is 0.124. The highest BCUT2D eigenvalue weighted by molar-refractivity contribution is 7.89. The molecule has 1 aliphatic rings. The van der Waals surface area contributed by atoms with Gasteiger partial charge in [0.1, 0.15) is 0 Å². The van der Waals surface area contributed by atoms with Crippen molar-refractivity contribution in [3.05, 3.63) is 30.1 Å². The summed E-state index contributed by atoms with van der Waals surface area (Å²) in [6.07, 6.45) is 2.79. The minimum Gasteiger partial charge on any atom is -0.356 e. The topological polar surface area (TPSA) is 86.7 Å². The van der Waals surface area contributed by atoms with Gasteiger partial charge in [0.15, 0.2) is 5.96 Å². The van der Waals surface area contributed by atoms with E-state index in [-0.39, 0.29) is 19.0 Å². The fourth-order valence-corrected chi connectivity index (χ4v) is 3.56. The molecule has 2 heterocycles. The fraction of sp³-hybridized carbons (Fsp3) is 0.600. The third-order valence-corrected chi connectivity index (χ3v) is 5.64. The molecule has 2 N–H and O–H groups in total. The number of guanidine groups is 1. The van der Waals surface area contributed by atoms with Gasteiger partial charge in [-0.1, -0.05) is 6.07 Å². The van der Waals surface area contributed by atoms with Crippen molar-refractivity contribution in [2.45, 2.75) is 25.1 Å². The lowest BCUT2D eigenvalue weighted by atomic mass is 9.98. The zero-order valence-electron chi connectivity index (χ0n) is 14.0. The molecule has 1 saturated heterocycles. The maximum Gasteiger partial charge on any atom is 0.350 e. The predicted molar refractivity (Wildman–Crippen MR) is 91.7 cm³/mol. The van der Waals surface area contributed by atoms with Gasteiger partial charge in [0.2, 0.25) is 0 Å². The maximum atomic E-state index is 12.5. The molecule has 0 amide bonds. The molecule has 7 nitrogen and oxygen atoms in total. The van der Waals surface area contributed by atoms with Gasteiger partial charge in [-0.25, -0.2) is 8.42 Å². The van der Waals surface area contributed by atoms with Crippen molar-refractivity contribution in [3.63, 3.8) is 0 Å². The lowest BCUT2D eigenvalue weighted by Gasteiger charge is -2.31. The van der Waals surface area contributed by atoms with Crippen LogP contribution in [0.25, 0.3) is 0 Å². The van der Waals surface area contributed by atoms with Crippen molar-refractivity contribution in [2.75, 3.05) is 26.7 Å². The van der Waals surface area contributed by atoms with E-state index in [0.717, 1.165) is 10.00 Å². The van der Waals surface area contributed by atoms with Crippen LogP contribution in [0, 0.1) is 5.92 Å². The predicted octanol–water partition coefficient (Wildman–Crippen LogP) is 1.01. The van der Waals surface area contributed by atoms with Gasteiger partial charge < -0.3 is 10.6 Å². The Morgan fingerprint density at radius 1 is 1.36 bits per heavy atom. The molecular formula is C15H23F2N5O2S. The highest BCUT2D eigenvalue weighted by atomic mass is 32.2. The van der Waals surface area contributed by atoms with Crippen LogP contribution >= 0.6 is 0 Å². The first-order chi connectivity index (χ1) is 11.9. The molecule has 25 heavy (non-hydrogen) atoms. The second-order valence-electron chi connectivity index (χ2n) is 5.78. The third-order valence-electron chi connectivity index (χ3n) is 4.10. The molecule has 0 aromatic carbocycles. The molecule has 1 fully saturated rings. The fourth-order valence-electron chi connectivity index (χ4n) is 2.62. The number of piperidine rings is 1. The molecule has 2 rings (SSSR count). The standard InChI is InChI=1S/C15H23F2N5O2S/c1-18-15(21-11-13-4-2-3-7-19-13)20-10-12-5-8-22(9-6-12)25(23,24)14(16)17/h2-4,7,12,14H,5-6,8-11H2,1H3,(H2,18,20,21). The molecule has 140 valence electrons. The number of aromatic nitrogens is 1. The Kier molecular flexibility index (Phi) is 7.06. The summed E-state index contributed by atoms with van der Waals surface area (Å²) in [5, 5.41) is 6.32. The molecule has 0 bridgehead atoms. The maximum absolute atomic E-state index is 12.5. The minimum atomic E-state index is -4.46. The molecule has 1 aromatic rings. The Bertz CT molecular complexity index is 662. The van der Waals surface area contributed by atoms with Gasteiger partial charge >= 0.3 is 5.76 Å². The summed E-state index contributed by atoms with van der Waals surface area (Å²) >= 11 is 0. The quantitative estimate of drug-likeness (QED) is 0.572. The van der Waals surface area contributed by atoms with Crippen LogP contribution in [0.3, 0.4) is 0 Å². The number of nitrogens with one attached hydrogen (secondary N) is 2. The zero-order valence-corrected chi connectivity index (χ0v) is 14.8. The van der Waals surface area contributed by atoms with Gasteiger partial charge in [0, 0.05) is 32.9 Å². The number of halogens is 2. The van der Waals surface area contributed by atoms with Crippen LogP contribution in [-0.4, -0.2) is 56.1 Å². The lowest BCUT2D eigenvalue weighted by Crippen LogP contribution is -2.45. The van der Waals surface area contributed by atoms with Crippen LogP contribution in [0.2, 0.25) is 0 Å². The normalized spacial score (nSPS) is 17.7. The summed E-state index contributed by atoms with van der Waals surface area (Å²) in [6, 6.07) is 5.65. The second-order valence-corrected chi connectivity index (χ2v) is 7.68. The molecule has 1 aliphatic heterocycles. The van der Waals surface area contributed by atoms with E-state index in [0.29, 0.717) is 31.9 Å². The number of hydrogen-bond donors (Lipinski definition) is 2. The zero-order chi connectivity index (χ0) is 18.3. The summed E-state index contributed by atoms with van der Waals surface area (Å²) in [7, 11) is -2.80. The summed E-state index contributed by atoms with van der Waals surface area (Å²) in [5.74, 6) is -2.53. The van der Waals surface area contributed by atoms with E-state index < -0.39 is 15.8 Å². The van der Waals surface area contributed by atoms with Crippen molar-refractivity contribution in [1.29, 1.82) is 0 Å². The van der Waals surface area contributed by atoms with Crippen LogP contribution in [0.1, 0.15) is 18.5 Å². The monoisotopic (exact) mass is 375 g/mol. The first kappa shape index (κ1) is 19.5. The van der Waals surface area contributed by atoms with E-state index in [1.54, 1.807) is 13.2 Å². The number of rotatable bonds is 6. The molecule has 1 aromatic heterocycles. The van der Waals surface area contributed by atoms with Gasteiger partial charge in [0.05, 0.1) is 12.2 Å². The highest BCUT2D eigenvalue weighted by Gasteiger charge is 2.34. The van der Waals surface area contributed by atoms with E-state index >= 15 is 0 Å². The Balaban J connectivity index is 1.74. The van der Waals surface area contributed by atoms with Crippen LogP contribution in [0.4, 0.5) is 8.78 Å². The van der Waals surface area contributed by atoms with Gasteiger partial charge in [-0.2, -0.15) is 13.1 Å². The van der Waals surface area contributed by atoms with Crippen molar-refractivity contribution in [2.24, 2.45) is 10.9 Å². The van der Waals surface area contributed by atoms with E-state index in [9.17, 15) is 17.2 Å². The van der Waals surface area contributed by atoms with Crippen molar-refractivity contribution in [3.8, 4) is 0 Å². The van der Waals surface area contributed by atoms with E-state index in [1.165, 1.54) is 0 Å². The summed E-state index contributed by atoms with van der Waals surface area (Å²) in [5.41, 5.74) is 0.885. The molecule has 0 saturated carbocycles. The van der Waals surface area contributed by atoms with E-state index in [1.807, 2.05) is 18.2 Å².